The SMILES string of the molecule is Cc1cc(C2CN(Cc3ccccc3)CC2N(C)C(=O)OC(C)(C)C)ccc1Cl. The van der Waals surface area contributed by atoms with E-state index in [-0.39, 0.29) is 18.1 Å². The lowest BCUT2D eigenvalue weighted by molar-refractivity contribution is 0.0217. The van der Waals surface area contributed by atoms with E-state index in [0.29, 0.717) is 0 Å². The third kappa shape index (κ3) is 5.52. The largest absolute Gasteiger partial charge is 0.444 e. The zero-order valence-corrected chi connectivity index (χ0v) is 18.7. The molecule has 1 aliphatic rings. The van der Waals surface area contributed by atoms with Crippen LogP contribution in [0.1, 0.15) is 43.4 Å². The van der Waals surface area contributed by atoms with Gasteiger partial charge in [0.05, 0.1) is 6.04 Å². The maximum Gasteiger partial charge on any atom is 0.410 e. The molecule has 0 saturated carbocycles. The van der Waals surface area contributed by atoms with E-state index in [2.05, 4.69) is 41.3 Å². The molecule has 1 aliphatic heterocycles. The molecule has 3 rings (SSSR count). The van der Waals surface area contributed by atoms with E-state index >= 15 is 0 Å². The lowest BCUT2D eigenvalue weighted by atomic mass is 9.92. The summed E-state index contributed by atoms with van der Waals surface area (Å²) >= 11 is 6.25. The number of hydrogen-bond acceptors (Lipinski definition) is 3. The van der Waals surface area contributed by atoms with Crippen molar-refractivity contribution >= 4 is 17.7 Å². The third-order valence-electron chi connectivity index (χ3n) is 5.40. The molecule has 0 aliphatic carbocycles. The van der Waals surface area contributed by atoms with Crippen molar-refractivity contribution in [1.82, 2.24) is 9.80 Å². The molecule has 0 N–H and O–H groups in total. The lowest BCUT2D eigenvalue weighted by Crippen LogP contribution is -2.44. The highest BCUT2D eigenvalue weighted by Crippen LogP contribution is 2.34. The van der Waals surface area contributed by atoms with Crippen LogP contribution in [0.25, 0.3) is 0 Å². The Morgan fingerprint density at radius 2 is 1.86 bits per heavy atom. The Bertz CT molecular complexity index is 848. The van der Waals surface area contributed by atoms with Crippen LogP contribution in [-0.4, -0.2) is 47.7 Å². The monoisotopic (exact) mass is 414 g/mol. The number of carbonyl (C=O) groups is 1. The van der Waals surface area contributed by atoms with Crippen LogP contribution < -0.4 is 0 Å². The van der Waals surface area contributed by atoms with Crippen LogP contribution in [0, 0.1) is 6.92 Å². The normalized spacial score (nSPS) is 19.9. The summed E-state index contributed by atoms with van der Waals surface area (Å²) < 4.78 is 5.64. The summed E-state index contributed by atoms with van der Waals surface area (Å²) in [6.45, 7) is 10.3. The Morgan fingerprint density at radius 1 is 1.17 bits per heavy atom. The van der Waals surface area contributed by atoms with Gasteiger partial charge in [-0.15, -0.1) is 0 Å². The van der Waals surface area contributed by atoms with Gasteiger partial charge in [-0.2, -0.15) is 0 Å². The molecule has 0 spiro atoms. The summed E-state index contributed by atoms with van der Waals surface area (Å²) in [6.07, 6.45) is -0.278. The second-order valence-corrected chi connectivity index (χ2v) is 9.36. The molecule has 2 atom stereocenters. The molecule has 0 bridgehead atoms. The first-order valence-electron chi connectivity index (χ1n) is 10.1. The first kappa shape index (κ1) is 21.7. The van der Waals surface area contributed by atoms with E-state index in [9.17, 15) is 4.79 Å². The van der Waals surface area contributed by atoms with E-state index in [1.165, 1.54) is 11.1 Å². The number of benzene rings is 2. The number of amides is 1. The van der Waals surface area contributed by atoms with Gasteiger partial charge < -0.3 is 9.64 Å². The van der Waals surface area contributed by atoms with Crippen LogP contribution in [0.5, 0.6) is 0 Å². The minimum absolute atomic E-state index is 0.0362. The zero-order chi connectivity index (χ0) is 21.2. The molecule has 1 saturated heterocycles. The van der Waals surface area contributed by atoms with Crippen molar-refractivity contribution in [3.63, 3.8) is 0 Å². The van der Waals surface area contributed by atoms with E-state index < -0.39 is 5.60 Å². The number of hydrogen-bond donors (Lipinski definition) is 0. The summed E-state index contributed by atoms with van der Waals surface area (Å²) in [5, 5.41) is 0.768. The van der Waals surface area contributed by atoms with Crippen molar-refractivity contribution in [3.05, 3.63) is 70.2 Å². The Labute approximate surface area is 179 Å². The standard InChI is InChI=1S/C24H31ClN2O2/c1-17-13-19(11-12-21(17)25)20-15-27(14-18-9-7-6-8-10-18)16-22(20)26(5)23(28)29-24(2,3)4/h6-13,20,22H,14-16H2,1-5H3. The van der Waals surface area contributed by atoms with Gasteiger partial charge in [-0.1, -0.05) is 54.1 Å². The first-order valence-corrected chi connectivity index (χ1v) is 10.5. The number of halogens is 1. The lowest BCUT2D eigenvalue weighted by Gasteiger charge is -2.31. The summed E-state index contributed by atoms with van der Waals surface area (Å²) in [4.78, 5) is 17.0. The van der Waals surface area contributed by atoms with Crippen molar-refractivity contribution in [2.75, 3.05) is 20.1 Å². The van der Waals surface area contributed by atoms with Gasteiger partial charge >= 0.3 is 6.09 Å². The van der Waals surface area contributed by atoms with E-state index in [0.717, 1.165) is 30.2 Å². The third-order valence-corrected chi connectivity index (χ3v) is 5.83. The Kier molecular flexibility index (Phi) is 6.55. The molecular weight excluding hydrogens is 384 g/mol. The first-order chi connectivity index (χ1) is 13.6. The van der Waals surface area contributed by atoms with Crippen LogP contribution in [-0.2, 0) is 11.3 Å². The summed E-state index contributed by atoms with van der Waals surface area (Å²) in [7, 11) is 1.85. The number of likely N-dealkylation sites (tertiary alicyclic amines) is 1. The quantitative estimate of drug-likeness (QED) is 0.663. The predicted octanol–water partition coefficient (Wildman–Crippen LogP) is 5.48. The zero-order valence-electron chi connectivity index (χ0n) is 18.0. The Hall–Kier alpha value is -2.04. The summed E-state index contributed by atoms with van der Waals surface area (Å²) in [5.41, 5.74) is 3.03. The average molecular weight is 415 g/mol. The van der Waals surface area contributed by atoms with E-state index in [1.807, 2.05) is 46.9 Å². The van der Waals surface area contributed by atoms with Crippen molar-refractivity contribution in [2.24, 2.45) is 0 Å². The Balaban J connectivity index is 1.84. The number of nitrogens with zero attached hydrogens (tertiary/aromatic N) is 2. The molecule has 1 fully saturated rings. The highest BCUT2D eigenvalue weighted by molar-refractivity contribution is 6.31. The molecule has 5 heteroatoms. The predicted molar refractivity (Wildman–Crippen MR) is 118 cm³/mol. The van der Waals surface area contributed by atoms with Gasteiger partial charge in [0.15, 0.2) is 0 Å². The number of rotatable bonds is 4. The highest BCUT2D eigenvalue weighted by Gasteiger charge is 2.39. The molecule has 2 unspecified atom stereocenters. The van der Waals surface area contributed by atoms with Gasteiger partial charge in [0.1, 0.15) is 5.60 Å². The summed E-state index contributed by atoms with van der Waals surface area (Å²) in [5.74, 6) is 0.201. The number of carbonyl (C=O) groups excluding carboxylic acids is 1. The van der Waals surface area contributed by atoms with Gasteiger partial charge in [-0.25, -0.2) is 4.79 Å². The van der Waals surface area contributed by atoms with Crippen LogP contribution in [0.15, 0.2) is 48.5 Å². The van der Waals surface area contributed by atoms with Gasteiger partial charge in [0.2, 0.25) is 0 Å². The van der Waals surface area contributed by atoms with Gasteiger partial charge in [0, 0.05) is 37.6 Å². The minimum atomic E-state index is -0.514. The van der Waals surface area contributed by atoms with Crippen molar-refractivity contribution < 1.29 is 9.53 Å². The van der Waals surface area contributed by atoms with Crippen molar-refractivity contribution in [1.29, 1.82) is 0 Å². The molecule has 2 aromatic carbocycles. The van der Waals surface area contributed by atoms with Crippen LogP contribution in [0.2, 0.25) is 5.02 Å². The van der Waals surface area contributed by atoms with E-state index in [4.69, 9.17) is 16.3 Å². The average Bonchev–Trinajstić information content (AvgIpc) is 3.06. The molecule has 29 heavy (non-hydrogen) atoms. The van der Waals surface area contributed by atoms with Crippen LogP contribution in [0.3, 0.4) is 0 Å². The second-order valence-electron chi connectivity index (χ2n) is 8.95. The molecule has 0 aromatic heterocycles. The maximum atomic E-state index is 12.8. The van der Waals surface area contributed by atoms with Gasteiger partial charge in [0.25, 0.3) is 0 Å². The van der Waals surface area contributed by atoms with Gasteiger partial charge in [-0.3, -0.25) is 4.90 Å². The molecule has 1 amide bonds. The molecule has 4 nitrogen and oxygen atoms in total. The number of likely N-dealkylation sites (N-methyl/N-ethyl adjacent to an activating group) is 1. The van der Waals surface area contributed by atoms with Gasteiger partial charge in [-0.05, 0) is 50.5 Å². The highest BCUT2D eigenvalue weighted by atomic mass is 35.5. The molecule has 0 radical (unpaired) electrons. The van der Waals surface area contributed by atoms with E-state index in [1.54, 1.807) is 4.90 Å². The number of ether oxygens (including phenoxy) is 1. The molecular formula is C24H31ClN2O2. The number of aryl methyl sites for hydroxylation is 1. The fraction of sp³-hybridized carbons (Fsp3) is 0.458. The fourth-order valence-electron chi connectivity index (χ4n) is 3.92. The molecule has 1 heterocycles. The second kappa shape index (κ2) is 8.76. The minimum Gasteiger partial charge on any atom is -0.444 e. The fourth-order valence-corrected chi connectivity index (χ4v) is 4.04. The Morgan fingerprint density at radius 3 is 2.48 bits per heavy atom. The summed E-state index contributed by atoms with van der Waals surface area (Å²) in [6, 6.07) is 16.7. The van der Waals surface area contributed by atoms with Crippen molar-refractivity contribution in [3.8, 4) is 0 Å². The smallest absolute Gasteiger partial charge is 0.410 e. The van der Waals surface area contributed by atoms with Crippen LogP contribution >= 0.6 is 11.6 Å². The topological polar surface area (TPSA) is 32.8 Å². The maximum absolute atomic E-state index is 12.8. The molecule has 156 valence electrons. The molecule has 2 aromatic rings. The van der Waals surface area contributed by atoms with Crippen LogP contribution in [0.4, 0.5) is 4.79 Å². The van der Waals surface area contributed by atoms with Crippen molar-refractivity contribution in [2.45, 2.75) is 51.8 Å².